The predicted molar refractivity (Wildman–Crippen MR) is 57.0 cm³/mol. The molecule has 2 N–H and O–H groups in total. The largest absolute Gasteiger partial charge is 0.386 e. The number of carbonyl (C=O) groups is 1. The molecule has 90 valence electrons. The van der Waals surface area contributed by atoms with Gasteiger partial charge in [0.05, 0.1) is 25.7 Å². The van der Waals surface area contributed by atoms with Crippen molar-refractivity contribution in [3.63, 3.8) is 0 Å². The fourth-order valence-corrected chi connectivity index (χ4v) is 2.55. The summed E-state index contributed by atoms with van der Waals surface area (Å²) in [6.45, 7) is 2.34. The van der Waals surface area contributed by atoms with Gasteiger partial charge in [-0.2, -0.15) is 0 Å². The number of carbonyl (C=O) groups excluding carboxylic acids is 1. The summed E-state index contributed by atoms with van der Waals surface area (Å²) in [6.07, 6.45) is 3.12. The Hall–Kier alpha value is -0.810. The van der Waals surface area contributed by atoms with Crippen LogP contribution in [0.1, 0.15) is 19.3 Å². The van der Waals surface area contributed by atoms with Gasteiger partial charge in [-0.15, -0.1) is 0 Å². The molecule has 0 spiro atoms. The van der Waals surface area contributed by atoms with E-state index in [0.717, 1.165) is 25.9 Å². The molecule has 3 rings (SSSR count). The molecule has 5 nitrogen and oxygen atoms in total. The van der Waals surface area contributed by atoms with Gasteiger partial charge in [-0.25, -0.2) is 4.79 Å². The van der Waals surface area contributed by atoms with Gasteiger partial charge in [-0.05, 0) is 25.2 Å². The smallest absolute Gasteiger partial charge is 0.317 e. The van der Waals surface area contributed by atoms with E-state index in [1.807, 2.05) is 0 Å². The Balaban J connectivity index is 1.46. The summed E-state index contributed by atoms with van der Waals surface area (Å²) in [6, 6.07) is 0.0999. The van der Waals surface area contributed by atoms with Crippen LogP contribution in [0.25, 0.3) is 0 Å². The van der Waals surface area contributed by atoms with Crippen LogP contribution >= 0.6 is 0 Å². The Morgan fingerprint density at radius 2 is 2.12 bits per heavy atom. The number of urea groups is 1. The maximum atomic E-state index is 11.8. The predicted octanol–water partition coefficient (Wildman–Crippen LogP) is -0.0584. The molecule has 1 saturated carbocycles. The first kappa shape index (κ1) is 10.4. The number of β-amino-alcohol motifs (C(OH)–C–C–N with tert-alkyl or cyclic N) is 1. The second-order valence-electron chi connectivity index (χ2n) is 5.24. The third-order valence-corrected chi connectivity index (χ3v) is 3.81. The zero-order valence-electron chi connectivity index (χ0n) is 9.32. The molecule has 1 unspecified atom stereocenters. The number of nitrogens with zero attached hydrogens (tertiary/aromatic N) is 1. The van der Waals surface area contributed by atoms with Crippen LogP contribution in [0.4, 0.5) is 4.79 Å². The van der Waals surface area contributed by atoms with Gasteiger partial charge in [0.15, 0.2) is 0 Å². The van der Waals surface area contributed by atoms with Crippen molar-refractivity contribution in [2.45, 2.75) is 30.9 Å². The van der Waals surface area contributed by atoms with Crippen LogP contribution in [0.3, 0.4) is 0 Å². The van der Waals surface area contributed by atoms with Gasteiger partial charge in [-0.1, -0.05) is 0 Å². The maximum Gasteiger partial charge on any atom is 0.317 e. The van der Waals surface area contributed by atoms with Crippen molar-refractivity contribution < 1.29 is 14.6 Å². The Morgan fingerprint density at radius 3 is 2.69 bits per heavy atom. The van der Waals surface area contributed by atoms with Crippen molar-refractivity contribution in [2.75, 3.05) is 26.3 Å². The lowest BCUT2D eigenvalue weighted by Gasteiger charge is -2.47. The van der Waals surface area contributed by atoms with Crippen molar-refractivity contribution in [3.8, 4) is 0 Å². The molecule has 2 saturated heterocycles. The van der Waals surface area contributed by atoms with Crippen LogP contribution in [0, 0.1) is 5.92 Å². The van der Waals surface area contributed by atoms with Crippen molar-refractivity contribution >= 4 is 6.03 Å². The molecule has 0 aromatic carbocycles. The molecule has 5 heteroatoms. The molecule has 0 aromatic rings. The molecule has 3 fully saturated rings. The van der Waals surface area contributed by atoms with Crippen LogP contribution < -0.4 is 5.32 Å². The molecular formula is C11H18N2O3. The highest BCUT2D eigenvalue weighted by Gasteiger charge is 2.53. The number of amides is 2. The summed E-state index contributed by atoms with van der Waals surface area (Å²) in [5.41, 5.74) is -0.580. The van der Waals surface area contributed by atoms with Gasteiger partial charge >= 0.3 is 6.03 Å². The van der Waals surface area contributed by atoms with E-state index in [9.17, 15) is 9.90 Å². The first-order valence-corrected chi connectivity index (χ1v) is 6.03. The van der Waals surface area contributed by atoms with Crippen molar-refractivity contribution in [3.05, 3.63) is 0 Å². The number of nitrogens with one attached hydrogen (secondary N) is 1. The Morgan fingerprint density at radius 1 is 1.38 bits per heavy atom. The lowest BCUT2D eigenvalue weighted by atomic mass is 9.89. The highest BCUT2D eigenvalue weighted by Crippen LogP contribution is 2.44. The third-order valence-electron chi connectivity index (χ3n) is 3.81. The minimum Gasteiger partial charge on any atom is -0.386 e. The summed E-state index contributed by atoms with van der Waals surface area (Å²) in [4.78, 5) is 13.5. The van der Waals surface area contributed by atoms with E-state index in [1.165, 1.54) is 0 Å². The van der Waals surface area contributed by atoms with E-state index >= 15 is 0 Å². The van der Waals surface area contributed by atoms with E-state index in [-0.39, 0.29) is 12.1 Å². The molecule has 0 bridgehead atoms. The Kier molecular flexibility index (Phi) is 2.33. The van der Waals surface area contributed by atoms with Crippen molar-refractivity contribution in [1.29, 1.82) is 0 Å². The molecule has 2 aliphatic heterocycles. The minimum absolute atomic E-state index is 0.0548. The lowest BCUT2D eigenvalue weighted by Crippen LogP contribution is -2.67. The SMILES string of the molecule is O=C(NC1CCOC1)N1CC(O)(C2CC2)C1. The summed E-state index contributed by atoms with van der Waals surface area (Å²) in [5.74, 6) is 0.436. The Labute approximate surface area is 94.8 Å². The number of ether oxygens (including phenoxy) is 1. The van der Waals surface area contributed by atoms with Gasteiger partial charge < -0.3 is 20.1 Å². The van der Waals surface area contributed by atoms with Crippen LogP contribution in [0.2, 0.25) is 0 Å². The minimum atomic E-state index is -0.580. The first-order chi connectivity index (χ1) is 7.67. The fraction of sp³-hybridized carbons (Fsp3) is 0.909. The van der Waals surface area contributed by atoms with E-state index in [1.54, 1.807) is 4.90 Å². The molecule has 2 heterocycles. The molecule has 1 aliphatic carbocycles. The fourth-order valence-electron chi connectivity index (χ4n) is 2.55. The van der Waals surface area contributed by atoms with Crippen LogP contribution in [0.5, 0.6) is 0 Å². The molecule has 16 heavy (non-hydrogen) atoms. The first-order valence-electron chi connectivity index (χ1n) is 6.03. The van der Waals surface area contributed by atoms with Gasteiger partial charge in [-0.3, -0.25) is 0 Å². The Bertz CT molecular complexity index is 292. The summed E-state index contributed by atoms with van der Waals surface area (Å²) >= 11 is 0. The number of hydrogen-bond acceptors (Lipinski definition) is 3. The molecule has 0 aromatic heterocycles. The highest BCUT2D eigenvalue weighted by molar-refractivity contribution is 5.76. The topological polar surface area (TPSA) is 61.8 Å². The van der Waals surface area contributed by atoms with Gasteiger partial charge in [0.25, 0.3) is 0 Å². The van der Waals surface area contributed by atoms with E-state index < -0.39 is 5.60 Å². The highest BCUT2D eigenvalue weighted by atomic mass is 16.5. The average Bonchev–Trinajstić information content (AvgIpc) is 2.94. The zero-order valence-corrected chi connectivity index (χ0v) is 9.32. The molecule has 3 aliphatic rings. The molecule has 0 radical (unpaired) electrons. The summed E-state index contributed by atoms with van der Waals surface area (Å²) in [5, 5.41) is 13.0. The van der Waals surface area contributed by atoms with Gasteiger partial charge in [0, 0.05) is 6.61 Å². The number of likely N-dealkylation sites (tertiary alicyclic amines) is 1. The quantitative estimate of drug-likeness (QED) is 0.693. The van der Waals surface area contributed by atoms with Gasteiger partial charge in [0.2, 0.25) is 0 Å². The van der Waals surface area contributed by atoms with Crippen LogP contribution in [-0.4, -0.2) is 54.0 Å². The number of rotatable bonds is 2. The third kappa shape index (κ3) is 1.78. The average molecular weight is 226 g/mol. The monoisotopic (exact) mass is 226 g/mol. The molecular weight excluding hydrogens is 208 g/mol. The number of aliphatic hydroxyl groups is 1. The van der Waals surface area contributed by atoms with Gasteiger partial charge in [0.1, 0.15) is 5.60 Å². The normalized spacial score (nSPS) is 32.3. The lowest BCUT2D eigenvalue weighted by molar-refractivity contribution is -0.0921. The summed E-state index contributed by atoms with van der Waals surface area (Å²) < 4.78 is 5.20. The van der Waals surface area contributed by atoms with E-state index in [0.29, 0.717) is 25.6 Å². The van der Waals surface area contributed by atoms with Crippen molar-refractivity contribution in [1.82, 2.24) is 10.2 Å². The second kappa shape index (κ2) is 3.60. The summed E-state index contributed by atoms with van der Waals surface area (Å²) in [7, 11) is 0. The van der Waals surface area contributed by atoms with E-state index in [4.69, 9.17) is 4.74 Å². The van der Waals surface area contributed by atoms with Crippen LogP contribution in [0.15, 0.2) is 0 Å². The van der Waals surface area contributed by atoms with Crippen molar-refractivity contribution in [2.24, 2.45) is 5.92 Å². The molecule has 1 atom stereocenters. The van der Waals surface area contributed by atoms with Crippen LogP contribution in [-0.2, 0) is 4.74 Å². The standard InChI is InChI=1S/C11H18N2O3/c14-10(12-9-3-4-16-5-9)13-6-11(15,7-13)8-1-2-8/h8-9,15H,1-7H2,(H,12,14). The van der Waals surface area contributed by atoms with E-state index in [2.05, 4.69) is 5.32 Å². The number of hydrogen-bond donors (Lipinski definition) is 2. The maximum absolute atomic E-state index is 11.8. The zero-order chi connectivity index (χ0) is 11.2. The second-order valence-corrected chi connectivity index (χ2v) is 5.24. The molecule has 2 amide bonds.